The number of halogens is 2. The van der Waals surface area contributed by atoms with Gasteiger partial charge < -0.3 is 10.6 Å². The van der Waals surface area contributed by atoms with Crippen LogP contribution in [0, 0.1) is 6.92 Å². The molecule has 0 aliphatic rings. The summed E-state index contributed by atoms with van der Waals surface area (Å²) in [5.74, 6) is 0. The highest BCUT2D eigenvalue weighted by atomic mass is 35.5. The van der Waals surface area contributed by atoms with Gasteiger partial charge in [-0.2, -0.15) is 5.10 Å². The highest BCUT2D eigenvalue weighted by molar-refractivity contribution is 7.80. The molecule has 0 bridgehead atoms. The minimum Gasteiger partial charge on any atom is -0.358 e. The molecular weight excluding hydrogens is 327 g/mol. The molecule has 2 N–H and O–H groups in total. The fourth-order valence-corrected chi connectivity index (χ4v) is 2.37. The van der Waals surface area contributed by atoms with Crippen LogP contribution in [0.2, 0.25) is 10.0 Å². The van der Waals surface area contributed by atoms with Gasteiger partial charge in [-0.25, -0.2) is 0 Å². The van der Waals surface area contributed by atoms with Crippen LogP contribution in [-0.4, -0.2) is 14.9 Å². The van der Waals surface area contributed by atoms with E-state index in [4.69, 9.17) is 35.4 Å². The molecule has 0 radical (unpaired) electrons. The largest absolute Gasteiger partial charge is 0.358 e. The Morgan fingerprint density at radius 1 is 1.38 bits per heavy atom. The number of hydrogen-bond acceptors (Lipinski definition) is 2. The Balaban J connectivity index is 1.96. The van der Waals surface area contributed by atoms with Crippen molar-refractivity contribution in [1.82, 2.24) is 15.1 Å². The van der Waals surface area contributed by atoms with E-state index < -0.39 is 0 Å². The molecule has 7 heteroatoms. The summed E-state index contributed by atoms with van der Waals surface area (Å²) >= 11 is 17.3. The minimum absolute atomic E-state index is 0.457. The maximum atomic E-state index is 6.11. The van der Waals surface area contributed by atoms with Crippen LogP contribution in [0.5, 0.6) is 0 Å². The zero-order valence-corrected chi connectivity index (χ0v) is 14.1. The zero-order valence-electron chi connectivity index (χ0n) is 11.8. The van der Waals surface area contributed by atoms with Crippen molar-refractivity contribution in [3.8, 4) is 0 Å². The van der Waals surface area contributed by atoms with Crippen molar-refractivity contribution in [2.24, 2.45) is 0 Å². The van der Waals surface area contributed by atoms with Gasteiger partial charge in [0.25, 0.3) is 0 Å². The Hall–Kier alpha value is -1.30. The first-order chi connectivity index (χ1) is 10.0. The number of hydrogen-bond donors (Lipinski definition) is 2. The molecular formula is C14H16Cl2N4S. The molecule has 21 heavy (non-hydrogen) atoms. The topological polar surface area (TPSA) is 41.9 Å². The number of nitrogens with one attached hydrogen (secondary N) is 2. The van der Waals surface area contributed by atoms with Crippen molar-refractivity contribution in [2.75, 3.05) is 5.32 Å². The average molecular weight is 343 g/mol. The smallest absolute Gasteiger partial charge is 0.171 e. The van der Waals surface area contributed by atoms with Crippen molar-refractivity contribution in [1.29, 1.82) is 0 Å². The predicted octanol–water partition coefficient (Wildman–Crippen LogP) is 4.00. The summed E-state index contributed by atoms with van der Waals surface area (Å²) in [6.07, 6.45) is 2.01. The summed E-state index contributed by atoms with van der Waals surface area (Å²) in [4.78, 5) is 0. The van der Waals surface area contributed by atoms with Crippen LogP contribution in [0.15, 0.2) is 24.4 Å². The predicted molar refractivity (Wildman–Crippen MR) is 92.2 cm³/mol. The molecule has 4 nitrogen and oxygen atoms in total. The number of rotatable bonds is 4. The van der Waals surface area contributed by atoms with Gasteiger partial charge in [0.2, 0.25) is 0 Å². The fraction of sp³-hybridized carbons (Fsp3) is 0.286. The Morgan fingerprint density at radius 3 is 2.81 bits per heavy atom. The Bertz CT molecular complexity index is 654. The molecule has 0 atom stereocenters. The molecule has 0 saturated carbocycles. The number of aromatic nitrogens is 2. The van der Waals surface area contributed by atoms with Crippen molar-refractivity contribution < 1.29 is 0 Å². The van der Waals surface area contributed by atoms with E-state index in [0.717, 1.165) is 17.8 Å². The van der Waals surface area contributed by atoms with Gasteiger partial charge in [-0.1, -0.05) is 29.3 Å². The zero-order chi connectivity index (χ0) is 15.4. The number of benzene rings is 1. The summed E-state index contributed by atoms with van der Waals surface area (Å²) in [6.45, 7) is 5.49. The number of aryl methyl sites for hydroxylation is 2. The fourth-order valence-electron chi connectivity index (χ4n) is 1.84. The van der Waals surface area contributed by atoms with Crippen LogP contribution < -0.4 is 10.6 Å². The Kier molecular flexibility index (Phi) is 5.45. The van der Waals surface area contributed by atoms with E-state index in [9.17, 15) is 0 Å². The van der Waals surface area contributed by atoms with Gasteiger partial charge in [-0.05, 0) is 38.2 Å². The van der Waals surface area contributed by atoms with Gasteiger partial charge in [0.05, 0.1) is 21.4 Å². The van der Waals surface area contributed by atoms with E-state index in [2.05, 4.69) is 22.7 Å². The molecule has 0 unspecified atom stereocenters. The van der Waals surface area contributed by atoms with Crippen molar-refractivity contribution in [3.63, 3.8) is 0 Å². The second kappa shape index (κ2) is 7.11. The van der Waals surface area contributed by atoms with E-state index in [1.807, 2.05) is 29.9 Å². The molecule has 0 aliphatic carbocycles. The van der Waals surface area contributed by atoms with E-state index in [1.165, 1.54) is 0 Å². The van der Waals surface area contributed by atoms with Crippen LogP contribution in [0.25, 0.3) is 0 Å². The minimum atomic E-state index is 0.457. The lowest BCUT2D eigenvalue weighted by molar-refractivity contribution is 0.653. The first-order valence-corrected chi connectivity index (χ1v) is 7.69. The van der Waals surface area contributed by atoms with Crippen LogP contribution in [0.1, 0.15) is 18.2 Å². The lowest BCUT2D eigenvalue weighted by atomic mass is 10.2. The molecule has 0 amide bonds. The molecule has 2 aromatic rings. The summed E-state index contributed by atoms with van der Waals surface area (Å²) in [5, 5.41) is 12.0. The van der Waals surface area contributed by atoms with Crippen LogP contribution in [-0.2, 0) is 13.1 Å². The number of thiocarbonyl (C=S) groups is 1. The molecule has 0 fully saturated rings. The standard InChI is InChI=1S/C14H16Cl2N4S/c1-3-20-8-10(9(2)19-20)7-17-14(21)18-12-6-4-5-11(15)13(12)16/h4-6,8H,3,7H2,1-2H3,(H2,17,18,21). The molecule has 1 aromatic heterocycles. The third-order valence-electron chi connectivity index (χ3n) is 3.01. The van der Waals surface area contributed by atoms with E-state index in [0.29, 0.717) is 27.4 Å². The normalized spacial score (nSPS) is 10.5. The molecule has 0 saturated heterocycles. The van der Waals surface area contributed by atoms with Gasteiger partial charge in [0, 0.05) is 24.8 Å². The van der Waals surface area contributed by atoms with E-state index in [1.54, 1.807) is 6.07 Å². The maximum absolute atomic E-state index is 6.11. The molecule has 0 spiro atoms. The third-order valence-corrected chi connectivity index (χ3v) is 4.08. The Labute approximate surface area is 139 Å². The summed E-state index contributed by atoms with van der Waals surface area (Å²) in [7, 11) is 0. The SMILES string of the molecule is CCn1cc(CNC(=S)Nc2cccc(Cl)c2Cl)c(C)n1. The van der Waals surface area contributed by atoms with Crippen LogP contribution in [0.3, 0.4) is 0 Å². The van der Waals surface area contributed by atoms with Crippen molar-refractivity contribution >= 4 is 46.2 Å². The molecule has 112 valence electrons. The summed E-state index contributed by atoms with van der Waals surface area (Å²) in [5.41, 5.74) is 2.79. The second-order valence-electron chi connectivity index (χ2n) is 4.50. The van der Waals surface area contributed by atoms with Crippen LogP contribution >= 0.6 is 35.4 Å². The highest BCUT2D eigenvalue weighted by Gasteiger charge is 2.07. The number of nitrogens with zero attached hydrogens (tertiary/aromatic N) is 2. The summed E-state index contributed by atoms with van der Waals surface area (Å²) < 4.78 is 1.90. The first-order valence-electron chi connectivity index (χ1n) is 6.53. The molecule has 1 heterocycles. The van der Waals surface area contributed by atoms with Gasteiger partial charge in [0.15, 0.2) is 5.11 Å². The quantitative estimate of drug-likeness (QED) is 0.824. The number of anilines is 1. The van der Waals surface area contributed by atoms with Gasteiger partial charge in [-0.15, -0.1) is 0 Å². The highest BCUT2D eigenvalue weighted by Crippen LogP contribution is 2.29. The maximum Gasteiger partial charge on any atom is 0.171 e. The Morgan fingerprint density at radius 2 is 2.14 bits per heavy atom. The summed E-state index contributed by atoms with van der Waals surface area (Å²) in [6, 6.07) is 5.37. The molecule has 1 aromatic carbocycles. The first kappa shape index (κ1) is 16.1. The van der Waals surface area contributed by atoms with Crippen LogP contribution in [0.4, 0.5) is 5.69 Å². The van der Waals surface area contributed by atoms with Crippen molar-refractivity contribution in [2.45, 2.75) is 26.9 Å². The molecule has 2 rings (SSSR count). The lowest BCUT2D eigenvalue weighted by Gasteiger charge is -2.12. The lowest BCUT2D eigenvalue weighted by Crippen LogP contribution is -2.28. The van der Waals surface area contributed by atoms with E-state index >= 15 is 0 Å². The monoisotopic (exact) mass is 342 g/mol. The average Bonchev–Trinajstić information content (AvgIpc) is 2.82. The third kappa shape index (κ3) is 4.09. The second-order valence-corrected chi connectivity index (χ2v) is 5.70. The molecule has 0 aliphatic heterocycles. The van der Waals surface area contributed by atoms with Gasteiger partial charge >= 0.3 is 0 Å². The van der Waals surface area contributed by atoms with Gasteiger partial charge in [-0.3, -0.25) is 4.68 Å². The van der Waals surface area contributed by atoms with Gasteiger partial charge in [0.1, 0.15) is 0 Å². The van der Waals surface area contributed by atoms with Crippen molar-refractivity contribution in [3.05, 3.63) is 45.7 Å². The van der Waals surface area contributed by atoms with E-state index in [-0.39, 0.29) is 0 Å².